The van der Waals surface area contributed by atoms with E-state index in [1.165, 1.54) is 12.8 Å². The first kappa shape index (κ1) is 9.03. The normalized spacial score (nSPS) is 12.9. The Hall–Kier alpha value is 0.0300. The summed E-state index contributed by atoms with van der Waals surface area (Å²) in [5.41, 5.74) is 1.90. The third kappa shape index (κ3) is 4.53. The van der Waals surface area contributed by atoms with Crippen molar-refractivity contribution in [2.75, 3.05) is 0 Å². The predicted octanol–water partition coefficient (Wildman–Crippen LogP) is 3.57. The van der Waals surface area contributed by atoms with E-state index in [0.717, 1.165) is 0 Å². The second-order valence-corrected chi connectivity index (χ2v) is 3.28. The molecular weight excluding hydrogens is 132 g/mol. The standard InChI is InChI=1S/C8H15Cl/c1-4-5-8(2,3)6-7-9/h6-7H,4-5H2,1-3H3/b7-6-. The summed E-state index contributed by atoms with van der Waals surface area (Å²) in [6.07, 6.45) is 4.46. The average Bonchev–Trinajstić information content (AvgIpc) is 1.64. The maximum absolute atomic E-state index is 5.44. The van der Waals surface area contributed by atoms with Crippen molar-refractivity contribution in [3.63, 3.8) is 0 Å². The van der Waals surface area contributed by atoms with E-state index in [1.807, 2.05) is 6.08 Å². The molecule has 0 bridgehead atoms. The number of rotatable bonds is 3. The molecule has 0 aromatic rings. The van der Waals surface area contributed by atoms with E-state index in [9.17, 15) is 0 Å². The van der Waals surface area contributed by atoms with Gasteiger partial charge in [-0.3, -0.25) is 0 Å². The molecule has 0 amide bonds. The van der Waals surface area contributed by atoms with E-state index in [1.54, 1.807) is 5.54 Å². The summed E-state index contributed by atoms with van der Waals surface area (Å²) in [5, 5.41) is 0. The van der Waals surface area contributed by atoms with Crippen molar-refractivity contribution < 1.29 is 0 Å². The zero-order valence-electron chi connectivity index (χ0n) is 6.45. The molecule has 0 spiro atoms. The molecule has 0 unspecified atom stereocenters. The van der Waals surface area contributed by atoms with Gasteiger partial charge in [0.15, 0.2) is 0 Å². The topological polar surface area (TPSA) is 0 Å². The Morgan fingerprint density at radius 2 is 2.00 bits per heavy atom. The molecule has 1 heteroatoms. The van der Waals surface area contributed by atoms with Crippen LogP contribution in [0.1, 0.15) is 33.6 Å². The van der Waals surface area contributed by atoms with Crippen molar-refractivity contribution in [3.05, 3.63) is 11.6 Å². The Morgan fingerprint density at radius 3 is 2.33 bits per heavy atom. The molecule has 0 radical (unpaired) electrons. The van der Waals surface area contributed by atoms with Gasteiger partial charge in [-0.1, -0.05) is 44.9 Å². The highest BCUT2D eigenvalue weighted by atomic mass is 35.5. The van der Waals surface area contributed by atoms with E-state index in [4.69, 9.17) is 11.6 Å². The molecule has 0 aliphatic heterocycles. The monoisotopic (exact) mass is 146 g/mol. The molecule has 9 heavy (non-hydrogen) atoms. The smallest absolute Gasteiger partial charge is 0.000785 e. The first-order valence-electron chi connectivity index (χ1n) is 3.40. The van der Waals surface area contributed by atoms with Crippen LogP contribution in [0.15, 0.2) is 11.6 Å². The molecule has 0 aliphatic carbocycles. The minimum Gasteiger partial charge on any atom is -0.0933 e. The van der Waals surface area contributed by atoms with Gasteiger partial charge in [0.05, 0.1) is 0 Å². The van der Waals surface area contributed by atoms with Gasteiger partial charge in [-0.2, -0.15) is 0 Å². The number of halogens is 1. The van der Waals surface area contributed by atoms with Crippen LogP contribution in [0.4, 0.5) is 0 Å². The Labute approximate surface area is 62.9 Å². The molecule has 0 aromatic carbocycles. The Bertz CT molecular complexity index is 92.7. The van der Waals surface area contributed by atoms with Crippen LogP contribution in [0, 0.1) is 5.41 Å². The van der Waals surface area contributed by atoms with E-state index in [2.05, 4.69) is 20.8 Å². The highest BCUT2D eigenvalue weighted by molar-refractivity contribution is 6.25. The molecule has 0 saturated heterocycles. The predicted molar refractivity (Wildman–Crippen MR) is 43.7 cm³/mol. The van der Waals surface area contributed by atoms with Crippen LogP contribution < -0.4 is 0 Å². The summed E-state index contributed by atoms with van der Waals surface area (Å²) >= 11 is 5.44. The average molecular weight is 147 g/mol. The molecule has 54 valence electrons. The fraction of sp³-hybridized carbons (Fsp3) is 0.750. The SMILES string of the molecule is CCCC(C)(C)/C=C\Cl. The fourth-order valence-electron chi connectivity index (χ4n) is 0.898. The highest BCUT2D eigenvalue weighted by Crippen LogP contribution is 2.23. The van der Waals surface area contributed by atoms with Gasteiger partial charge < -0.3 is 0 Å². The number of hydrogen-bond donors (Lipinski definition) is 0. The van der Waals surface area contributed by atoms with Crippen molar-refractivity contribution in [1.29, 1.82) is 0 Å². The second-order valence-electron chi connectivity index (χ2n) is 3.03. The molecule has 0 N–H and O–H groups in total. The molecule has 0 aliphatic rings. The quantitative estimate of drug-likeness (QED) is 0.571. The summed E-state index contributed by atoms with van der Waals surface area (Å²) in [6.45, 7) is 6.56. The van der Waals surface area contributed by atoms with Gasteiger partial charge in [0.1, 0.15) is 0 Å². The van der Waals surface area contributed by atoms with Crippen LogP contribution in [-0.2, 0) is 0 Å². The van der Waals surface area contributed by atoms with Crippen molar-refractivity contribution in [2.24, 2.45) is 5.41 Å². The summed E-state index contributed by atoms with van der Waals surface area (Å²) in [5.74, 6) is 0. The van der Waals surface area contributed by atoms with Crippen LogP contribution in [0.25, 0.3) is 0 Å². The Morgan fingerprint density at radius 1 is 1.44 bits per heavy atom. The highest BCUT2D eigenvalue weighted by Gasteiger charge is 2.10. The molecule has 0 atom stereocenters. The van der Waals surface area contributed by atoms with E-state index < -0.39 is 0 Å². The Balaban J connectivity index is 3.70. The summed E-state index contributed by atoms with van der Waals surface area (Å²) in [7, 11) is 0. The van der Waals surface area contributed by atoms with Gasteiger partial charge in [-0.05, 0) is 11.8 Å². The minimum absolute atomic E-state index is 0.288. The molecular formula is C8H15Cl. The van der Waals surface area contributed by atoms with Crippen LogP contribution in [0.2, 0.25) is 0 Å². The van der Waals surface area contributed by atoms with E-state index in [0.29, 0.717) is 0 Å². The molecule has 0 heterocycles. The summed E-state index contributed by atoms with van der Waals surface area (Å²) in [4.78, 5) is 0. The fourth-order valence-corrected chi connectivity index (χ4v) is 1.24. The van der Waals surface area contributed by atoms with Gasteiger partial charge in [0.2, 0.25) is 0 Å². The lowest BCUT2D eigenvalue weighted by atomic mass is 9.89. The Kier molecular flexibility index (Phi) is 3.96. The first-order chi connectivity index (χ1) is 4.12. The zero-order valence-corrected chi connectivity index (χ0v) is 7.20. The van der Waals surface area contributed by atoms with Gasteiger partial charge in [-0.25, -0.2) is 0 Å². The van der Waals surface area contributed by atoms with Crippen molar-refractivity contribution >= 4 is 11.6 Å². The maximum atomic E-state index is 5.44. The minimum atomic E-state index is 0.288. The molecule has 0 aromatic heterocycles. The van der Waals surface area contributed by atoms with Crippen LogP contribution >= 0.6 is 11.6 Å². The third-order valence-electron chi connectivity index (χ3n) is 1.41. The summed E-state index contributed by atoms with van der Waals surface area (Å²) < 4.78 is 0. The summed E-state index contributed by atoms with van der Waals surface area (Å²) in [6, 6.07) is 0. The van der Waals surface area contributed by atoms with Gasteiger partial charge in [0.25, 0.3) is 0 Å². The van der Waals surface area contributed by atoms with Crippen molar-refractivity contribution in [1.82, 2.24) is 0 Å². The second kappa shape index (κ2) is 3.94. The molecule has 0 saturated carbocycles. The van der Waals surface area contributed by atoms with Crippen molar-refractivity contribution in [2.45, 2.75) is 33.6 Å². The largest absolute Gasteiger partial charge is 0.0933 e. The number of allylic oxidation sites excluding steroid dienone is 1. The van der Waals surface area contributed by atoms with Gasteiger partial charge in [-0.15, -0.1) is 0 Å². The van der Waals surface area contributed by atoms with Crippen molar-refractivity contribution in [3.8, 4) is 0 Å². The maximum Gasteiger partial charge on any atom is 0.000785 e. The molecule has 0 rings (SSSR count). The first-order valence-corrected chi connectivity index (χ1v) is 3.84. The van der Waals surface area contributed by atoms with E-state index in [-0.39, 0.29) is 5.41 Å². The van der Waals surface area contributed by atoms with E-state index >= 15 is 0 Å². The lowest BCUT2D eigenvalue weighted by molar-refractivity contribution is 0.432. The number of hydrogen-bond acceptors (Lipinski definition) is 0. The van der Waals surface area contributed by atoms with Crippen LogP contribution in [0.3, 0.4) is 0 Å². The third-order valence-corrected chi connectivity index (χ3v) is 1.53. The molecule has 0 nitrogen and oxygen atoms in total. The lowest BCUT2D eigenvalue weighted by Crippen LogP contribution is -2.05. The van der Waals surface area contributed by atoms with Crippen LogP contribution in [-0.4, -0.2) is 0 Å². The zero-order chi connectivity index (χ0) is 7.33. The lowest BCUT2D eigenvalue weighted by Gasteiger charge is -2.17. The van der Waals surface area contributed by atoms with Crippen LogP contribution in [0.5, 0.6) is 0 Å². The molecule has 0 fully saturated rings. The van der Waals surface area contributed by atoms with Gasteiger partial charge >= 0.3 is 0 Å². The van der Waals surface area contributed by atoms with Gasteiger partial charge in [0, 0.05) is 5.54 Å².